The largest absolute Gasteiger partial charge is 0.496 e. The molecular formula is C18H24O5. The predicted molar refractivity (Wildman–Crippen MR) is 88.7 cm³/mol. The van der Waals surface area contributed by atoms with Crippen LogP contribution in [0.3, 0.4) is 0 Å². The summed E-state index contributed by atoms with van der Waals surface area (Å²) in [4.78, 5) is 12.7. The molecule has 1 aromatic rings. The van der Waals surface area contributed by atoms with Crippen molar-refractivity contribution in [3.8, 4) is 17.2 Å². The number of Topliss-reactive ketones (excluding diaryl/α,β-unsaturated/α-hetero) is 1. The SMILES string of the molecule is COc1cc2c(c(OC)c1C(=O)CC(C)OC)C=CC(C)(C)O2. The first-order valence-electron chi connectivity index (χ1n) is 7.56. The van der Waals surface area contributed by atoms with Gasteiger partial charge in [0, 0.05) is 19.6 Å². The Kier molecular flexibility index (Phi) is 5.00. The summed E-state index contributed by atoms with van der Waals surface area (Å²) in [7, 11) is 4.65. The number of carbonyl (C=O) groups excluding carboxylic acids is 1. The monoisotopic (exact) mass is 320 g/mol. The van der Waals surface area contributed by atoms with Gasteiger partial charge in [0.2, 0.25) is 0 Å². The Morgan fingerprint density at radius 1 is 1.26 bits per heavy atom. The highest BCUT2D eigenvalue weighted by Gasteiger charge is 2.30. The van der Waals surface area contributed by atoms with Crippen LogP contribution in [-0.4, -0.2) is 38.8 Å². The lowest BCUT2D eigenvalue weighted by Gasteiger charge is -2.29. The number of methoxy groups -OCH3 is 3. The molecule has 1 aliphatic heterocycles. The number of ether oxygens (including phenoxy) is 4. The zero-order valence-electron chi connectivity index (χ0n) is 14.6. The van der Waals surface area contributed by atoms with Crippen LogP contribution in [0.2, 0.25) is 0 Å². The van der Waals surface area contributed by atoms with E-state index >= 15 is 0 Å². The molecule has 2 rings (SSSR count). The van der Waals surface area contributed by atoms with Crippen molar-refractivity contribution in [2.24, 2.45) is 0 Å². The Labute approximate surface area is 137 Å². The van der Waals surface area contributed by atoms with Gasteiger partial charge in [-0.2, -0.15) is 0 Å². The van der Waals surface area contributed by atoms with Crippen LogP contribution < -0.4 is 14.2 Å². The van der Waals surface area contributed by atoms with Gasteiger partial charge < -0.3 is 18.9 Å². The highest BCUT2D eigenvalue weighted by atomic mass is 16.5. The average molecular weight is 320 g/mol. The van der Waals surface area contributed by atoms with Gasteiger partial charge in [0.25, 0.3) is 0 Å². The van der Waals surface area contributed by atoms with Gasteiger partial charge >= 0.3 is 0 Å². The molecule has 23 heavy (non-hydrogen) atoms. The third-order valence-electron chi connectivity index (χ3n) is 3.85. The standard InChI is InChI=1S/C18H24O5/c1-11(20-4)9-13(19)16-15(21-5)10-14-12(17(16)22-6)7-8-18(2,3)23-14/h7-8,10-11H,9H2,1-6H3. The van der Waals surface area contributed by atoms with Crippen molar-refractivity contribution < 1.29 is 23.7 Å². The second kappa shape index (κ2) is 6.62. The molecule has 0 aromatic heterocycles. The van der Waals surface area contributed by atoms with Crippen LogP contribution in [0.4, 0.5) is 0 Å². The third-order valence-corrected chi connectivity index (χ3v) is 3.85. The highest BCUT2D eigenvalue weighted by Crippen LogP contribution is 2.44. The van der Waals surface area contributed by atoms with Crippen LogP contribution in [0.1, 0.15) is 43.1 Å². The molecule has 0 radical (unpaired) electrons. The van der Waals surface area contributed by atoms with E-state index in [1.54, 1.807) is 20.3 Å². The summed E-state index contributed by atoms with van der Waals surface area (Å²) in [5.74, 6) is 1.47. The third kappa shape index (κ3) is 3.50. The maximum Gasteiger partial charge on any atom is 0.172 e. The Morgan fingerprint density at radius 3 is 2.52 bits per heavy atom. The van der Waals surface area contributed by atoms with Crippen molar-refractivity contribution in [2.45, 2.75) is 38.9 Å². The van der Waals surface area contributed by atoms with Crippen molar-refractivity contribution >= 4 is 11.9 Å². The van der Waals surface area contributed by atoms with E-state index in [9.17, 15) is 4.79 Å². The van der Waals surface area contributed by atoms with Crippen molar-refractivity contribution in [1.29, 1.82) is 0 Å². The summed E-state index contributed by atoms with van der Waals surface area (Å²) in [6.07, 6.45) is 3.93. The molecular weight excluding hydrogens is 296 g/mol. The quantitative estimate of drug-likeness (QED) is 0.751. The van der Waals surface area contributed by atoms with Gasteiger partial charge in [-0.1, -0.05) is 0 Å². The topological polar surface area (TPSA) is 54.0 Å². The number of benzene rings is 1. The van der Waals surface area contributed by atoms with Crippen molar-refractivity contribution in [1.82, 2.24) is 0 Å². The van der Waals surface area contributed by atoms with Crippen LogP contribution in [0.5, 0.6) is 17.2 Å². The van der Waals surface area contributed by atoms with Crippen LogP contribution in [0, 0.1) is 0 Å². The molecule has 0 aliphatic carbocycles. The van der Waals surface area contributed by atoms with Gasteiger partial charge in [0.1, 0.15) is 28.4 Å². The van der Waals surface area contributed by atoms with Gasteiger partial charge in [0.15, 0.2) is 5.78 Å². The molecule has 1 aliphatic rings. The summed E-state index contributed by atoms with van der Waals surface area (Å²) in [6.45, 7) is 5.77. The second-order valence-corrected chi connectivity index (χ2v) is 6.11. The normalized spacial score (nSPS) is 16.3. The summed E-state index contributed by atoms with van der Waals surface area (Å²) in [5.41, 5.74) is 0.755. The first kappa shape index (κ1) is 17.3. The minimum atomic E-state index is -0.418. The molecule has 0 saturated carbocycles. The van der Waals surface area contributed by atoms with E-state index in [1.165, 1.54) is 7.11 Å². The molecule has 1 atom stereocenters. The van der Waals surface area contributed by atoms with Crippen LogP contribution in [0.15, 0.2) is 12.1 Å². The molecule has 1 aromatic carbocycles. The van der Waals surface area contributed by atoms with Crippen molar-refractivity contribution in [3.63, 3.8) is 0 Å². The predicted octanol–water partition coefficient (Wildman–Crippen LogP) is 3.50. The zero-order chi connectivity index (χ0) is 17.2. The van der Waals surface area contributed by atoms with Gasteiger partial charge in [-0.3, -0.25) is 4.79 Å². The fourth-order valence-electron chi connectivity index (χ4n) is 2.55. The first-order valence-corrected chi connectivity index (χ1v) is 7.56. The molecule has 0 amide bonds. The van der Waals surface area contributed by atoms with Crippen LogP contribution >= 0.6 is 0 Å². The van der Waals surface area contributed by atoms with E-state index in [0.717, 1.165) is 5.56 Å². The van der Waals surface area contributed by atoms with E-state index in [1.807, 2.05) is 32.9 Å². The second-order valence-electron chi connectivity index (χ2n) is 6.11. The fraction of sp³-hybridized carbons (Fsp3) is 0.500. The number of fused-ring (bicyclic) bond motifs is 1. The lowest BCUT2D eigenvalue weighted by Crippen LogP contribution is -2.28. The Bertz CT molecular complexity index is 631. The number of hydrogen-bond donors (Lipinski definition) is 0. The zero-order valence-corrected chi connectivity index (χ0v) is 14.6. The van der Waals surface area contributed by atoms with Gasteiger partial charge in [0.05, 0.1) is 25.9 Å². The molecule has 5 nitrogen and oxygen atoms in total. The van der Waals surface area contributed by atoms with Crippen molar-refractivity contribution in [2.75, 3.05) is 21.3 Å². The smallest absolute Gasteiger partial charge is 0.172 e. The summed E-state index contributed by atoms with van der Waals surface area (Å²) >= 11 is 0. The maximum atomic E-state index is 12.7. The minimum Gasteiger partial charge on any atom is -0.496 e. The van der Waals surface area contributed by atoms with Crippen molar-refractivity contribution in [3.05, 3.63) is 23.3 Å². The molecule has 0 fully saturated rings. The van der Waals surface area contributed by atoms with E-state index in [2.05, 4.69) is 0 Å². The minimum absolute atomic E-state index is 0.0888. The number of rotatable bonds is 6. The van der Waals surface area contributed by atoms with Gasteiger partial charge in [-0.25, -0.2) is 0 Å². The molecule has 0 bridgehead atoms. The lowest BCUT2D eigenvalue weighted by molar-refractivity contribution is 0.0787. The molecule has 1 heterocycles. The summed E-state index contributed by atoms with van der Waals surface area (Å²) < 4.78 is 22.1. The van der Waals surface area contributed by atoms with E-state index in [-0.39, 0.29) is 18.3 Å². The fourth-order valence-corrected chi connectivity index (χ4v) is 2.55. The van der Waals surface area contributed by atoms with Gasteiger partial charge in [-0.05, 0) is 32.9 Å². The van der Waals surface area contributed by atoms with E-state index in [0.29, 0.717) is 22.8 Å². The Balaban J connectivity index is 2.56. The lowest BCUT2D eigenvalue weighted by atomic mass is 9.95. The molecule has 0 N–H and O–H groups in total. The molecule has 126 valence electrons. The summed E-state index contributed by atoms with van der Waals surface area (Å²) in [5, 5.41) is 0. The van der Waals surface area contributed by atoms with E-state index < -0.39 is 5.60 Å². The maximum absolute atomic E-state index is 12.7. The van der Waals surface area contributed by atoms with Crippen LogP contribution in [-0.2, 0) is 4.74 Å². The summed E-state index contributed by atoms with van der Waals surface area (Å²) in [6, 6.07) is 1.74. The van der Waals surface area contributed by atoms with Crippen LogP contribution in [0.25, 0.3) is 6.08 Å². The molecule has 1 unspecified atom stereocenters. The number of hydrogen-bond acceptors (Lipinski definition) is 5. The van der Waals surface area contributed by atoms with E-state index in [4.69, 9.17) is 18.9 Å². The Hall–Kier alpha value is -2.01. The molecule has 0 spiro atoms. The average Bonchev–Trinajstić information content (AvgIpc) is 2.51. The number of ketones is 1. The Morgan fingerprint density at radius 2 is 1.96 bits per heavy atom. The van der Waals surface area contributed by atoms with Gasteiger partial charge in [-0.15, -0.1) is 0 Å². The molecule has 0 saturated heterocycles. The highest BCUT2D eigenvalue weighted by molar-refractivity contribution is 6.03. The molecule has 5 heteroatoms. The first-order chi connectivity index (χ1) is 10.8. The number of carbonyl (C=O) groups is 1.